The van der Waals surface area contributed by atoms with Crippen LogP contribution in [0.1, 0.15) is 0 Å². The number of halogens is 1. The number of hydrogen-bond acceptors (Lipinski definition) is 3. The number of nitrogen functional groups attached to an aromatic ring is 1. The third kappa shape index (κ3) is 1.48. The van der Waals surface area contributed by atoms with E-state index in [-0.39, 0.29) is 0 Å². The van der Waals surface area contributed by atoms with Crippen LogP contribution in [0.5, 0.6) is 0 Å². The minimum absolute atomic E-state index is 0.400. The second-order valence-corrected chi connectivity index (χ2v) is 2.52. The topological polar surface area (TPSA) is 56.7 Å². The Morgan fingerprint density at radius 3 is 2.85 bits per heavy atom. The zero-order chi connectivity index (χ0) is 9.26. The highest BCUT2D eigenvalue weighted by Crippen LogP contribution is 2.07. The van der Waals surface area contributed by atoms with Gasteiger partial charge in [-0.2, -0.15) is 9.49 Å². The lowest BCUT2D eigenvalue weighted by atomic mass is 10.4. The monoisotopic (exact) mass is 178 g/mol. The number of nitrogens with zero attached hydrogens (tertiary/aromatic N) is 3. The lowest BCUT2D eigenvalue weighted by molar-refractivity contribution is 0.581. The quantitative estimate of drug-likeness (QED) is 0.662. The Kier molecular flexibility index (Phi) is 1.70. The second-order valence-electron chi connectivity index (χ2n) is 2.52. The predicted octanol–water partition coefficient (Wildman–Crippen LogP) is 0.989. The summed E-state index contributed by atoms with van der Waals surface area (Å²) in [5, 5.41) is 3.92. The summed E-state index contributed by atoms with van der Waals surface area (Å²) in [4.78, 5) is 3.43. The molecule has 0 atom stereocenters. The Bertz CT molecular complexity index is 424. The maximum Gasteiger partial charge on any atom is 0.214 e. The third-order valence-electron chi connectivity index (χ3n) is 1.58. The smallest absolute Gasteiger partial charge is 0.214 e. The standard InChI is InChI=1S/C8H7FN4/c9-7-5-6(1-3-11-7)13-4-2-8(10)12-13/h1-5H,(H2,10,12). The molecule has 0 amide bonds. The van der Waals surface area contributed by atoms with Gasteiger partial charge in [-0.05, 0) is 6.07 Å². The van der Waals surface area contributed by atoms with Crippen molar-refractivity contribution in [2.45, 2.75) is 0 Å². The largest absolute Gasteiger partial charge is 0.382 e. The molecule has 2 aromatic rings. The molecule has 4 nitrogen and oxygen atoms in total. The summed E-state index contributed by atoms with van der Waals surface area (Å²) in [6, 6.07) is 4.57. The normalized spacial score (nSPS) is 10.2. The summed E-state index contributed by atoms with van der Waals surface area (Å²) in [5.41, 5.74) is 6.01. The van der Waals surface area contributed by atoms with Crippen LogP contribution in [0.4, 0.5) is 10.2 Å². The van der Waals surface area contributed by atoms with Gasteiger partial charge in [-0.1, -0.05) is 0 Å². The molecule has 0 aliphatic heterocycles. The van der Waals surface area contributed by atoms with Crippen LogP contribution in [-0.2, 0) is 0 Å². The molecular formula is C8H7FN4. The zero-order valence-electron chi connectivity index (χ0n) is 6.68. The summed E-state index contributed by atoms with van der Waals surface area (Å²) in [6.07, 6.45) is 3.03. The van der Waals surface area contributed by atoms with Crippen molar-refractivity contribution in [2.75, 3.05) is 5.73 Å². The van der Waals surface area contributed by atoms with Crippen molar-refractivity contribution in [1.82, 2.24) is 14.8 Å². The van der Waals surface area contributed by atoms with Gasteiger partial charge in [0.05, 0.1) is 5.69 Å². The Balaban J connectivity index is 2.46. The molecule has 66 valence electrons. The number of aromatic nitrogens is 3. The fourth-order valence-corrected chi connectivity index (χ4v) is 1.02. The molecule has 0 saturated carbocycles. The highest BCUT2D eigenvalue weighted by Gasteiger charge is 1.99. The molecular weight excluding hydrogens is 171 g/mol. The first kappa shape index (κ1) is 7.72. The van der Waals surface area contributed by atoms with Gasteiger partial charge in [0.1, 0.15) is 5.82 Å². The highest BCUT2D eigenvalue weighted by atomic mass is 19.1. The molecule has 0 aliphatic rings. The summed E-state index contributed by atoms with van der Waals surface area (Å²) < 4.78 is 14.2. The molecule has 0 saturated heterocycles. The van der Waals surface area contributed by atoms with Crippen molar-refractivity contribution < 1.29 is 4.39 Å². The van der Waals surface area contributed by atoms with Gasteiger partial charge in [0, 0.05) is 24.5 Å². The van der Waals surface area contributed by atoms with Gasteiger partial charge in [0.2, 0.25) is 5.95 Å². The fraction of sp³-hybridized carbons (Fsp3) is 0. The van der Waals surface area contributed by atoms with E-state index in [0.717, 1.165) is 0 Å². The van der Waals surface area contributed by atoms with Gasteiger partial charge < -0.3 is 5.73 Å². The van der Waals surface area contributed by atoms with E-state index in [0.29, 0.717) is 11.5 Å². The maximum absolute atomic E-state index is 12.7. The van der Waals surface area contributed by atoms with E-state index in [4.69, 9.17) is 5.73 Å². The van der Waals surface area contributed by atoms with E-state index in [9.17, 15) is 4.39 Å². The van der Waals surface area contributed by atoms with Crippen LogP contribution in [0.2, 0.25) is 0 Å². The van der Waals surface area contributed by atoms with Crippen molar-refractivity contribution in [2.24, 2.45) is 0 Å². The van der Waals surface area contributed by atoms with E-state index in [1.807, 2.05) is 0 Å². The molecule has 5 heteroatoms. The fourth-order valence-electron chi connectivity index (χ4n) is 1.02. The molecule has 0 spiro atoms. The third-order valence-corrected chi connectivity index (χ3v) is 1.58. The molecule has 2 aromatic heterocycles. The van der Waals surface area contributed by atoms with Crippen LogP contribution in [0.3, 0.4) is 0 Å². The first-order chi connectivity index (χ1) is 6.25. The lowest BCUT2D eigenvalue weighted by Crippen LogP contribution is -1.97. The van der Waals surface area contributed by atoms with Gasteiger partial charge >= 0.3 is 0 Å². The SMILES string of the molecule is Nc1ccn(-c2ccnc(F)c2)n1. The van der Waals surface area contributed by atoms with E-state index >= 15 is 0 Å². The Hall–Kier alpha value is -1.91. The number of rotatable bonds is 1. The first-order valence-corrected chi connectivity index (χ1v) is 3.69. The van der Waals surface area contributed by atoms with Crippen LogP contribution in [-0.4, -0.2) is 14.8 Å². The Morgan fingerprint density at radius 2 is 2.23 bits per heavy atom. The summed E-state index contributed by atoms with van der Waals surface area (Å²) >= 11 is 0. The second kappa shape index (κ2) is 2.85. The van der Waals surface area contributed by atoms with Crippen molar-refractivity contribution in [1.29, 1.82) is 0 Å². The lowest BCUT2D eigenvalue weighted by Gasteiger charge is -1.98. The van der Waals surface area contributed by atoms with Gasteiger partial charge in [0.25, 0.3) is 0 Å². The summed E-state index contributed by atoms with van der Waals surface area (Å²) in [6.45, 7) is 0. The molecule has 2 rings (SSSR count). The number of pyridine rings is 1. The van der Waals surface area contributed by atoms with Crippen LogP contribution in [0.25, 0.3) is 5.69 Å². The van der Waals surface area contributed by atoms with Crippen LogP contribution >= 0.6 is 0 Å². The molecule has 2 N–H and O–H groups in total. The van der Waals surface area contributed by atoms with Gasteiger partial charge in [-0.15, -0.1) is 0 Å². The molecule has 13 heavy (non-hydrogen) atoms. The van der Waals surface area contributed by atoms with Gasteiger partial charge in [-0.3, -0.25) is 0 Å². The Labute approximate surface area is 73.8 Å². The molecule has 0 aliphatic carbocycles. The van der Waals surface area contributed by atoms with Gasteiger partial charge in [0.15, 0.2) is 0 Å². The number of hydrogen-bond donors (Lipinski definition) is 1. The van der Waals surface area contributed by atoms with Crippen LogP contribution in [0.15, 0.2) is 30.6 Å². The molecule has 2 heterocycles. The summed E-state index contributed by atoms with van der Waals surface area (Å²) in [5.74, 6) is -0.135. The van der Waals surface area contributed by atoms with E-state index in [2.05, 4.69) is 10.1 Å². The first-order valence-electron chi connectivity index (χ1n) is 3.69. The molecule has 0 bridgehead atoms. The van der Waals surface area contributed by atoms with Gasteiger partial charge in [-0.25, -0.2) is 9.67 Å². The number of anilines is 1. The minimum atomic E-state index is -0.536. The summed E-state index contributed by atoms with van der Waals surface area (Å²) in [7, 11) is 0. The van der Waals surface area contributed by atoms with Crippen molar-refractivity contribution in [3.8, 4) is 5.69 Å². The van der Waals surface area contributed by atoms with E-state index < -0.39 is 5.95 Å². The molecule has 0 aromatic carbocycles. The molecule has 0 fully saturated rings. The average Bonchev–Trinajstić information content (AvgIpc) is 2.52. The van der Waals surface area contributed by atoms with E-state index in [1.54, 1.807) is 18.3 Å². The minimum Gasteiger partial charge on any atom is -0.382 e. The maximum atomic E-state index is 12.7. The average molecular weight is 178 g/mol. The van der Waals surface area contributed by atoms with Crippen LogP contribution < -0.4 is 5.73 Å². The number of nitrogens with two attached hydrogens (primary N) is 1. The molecule has 0 unspecified atom stereocenters. The Morgan fingerprint density at radius 1 is 1.38 bits per heavy atom. The van der Waals surface area contributed by atoms with Crippen molar-refractivity contribution in [3.05, 3.63) is 36.5 Å². The van der Waals surface area contributed by atoms with Crippen LogP contribution in [0, 0.1) is 5.95 Å². The highest BCUT2D eigenvalue weighted by molar-refractivity contribution is 5.33. The van der Waals surface area contributed by atoms with Crippen molar-refractivity contribution in [3.63, 3.8) is 0 Å². The molecule has 0 radical (unpaired) electrons. The van der Waals surface area contributed by atoms with E-state index in [1.165, 1.54) is 16.9 Å². The van der Waals surface area contributed by atoms with Crippen molar-refractivity contribution >= 4 is 5.82 Å². The predicted molar refractivity (Wildman–Crippen MR) is 45.7 cm³/mol. The zero-order valence-corrected chi connectivity index (χ0v) is 6.68.